The lowest BCUT2D eigenvalue weighted by Gasteiger charge is -2.33. The number of halogens is 1. The molecule has 0 bridgehead atoms. The Balaban J connectivity index is 2.45. The maximum atomic E-state index is 13.6. The fourth-order valence-electron chi connectivity index (χ4n) is 3.62. The smallest absolute Gasteiger partial charge is 0.244 e. The first-order chi connectivity index (χ1) is 15.5. The van der Waals surface area contributed by atoms with Crippen LogP contribution < -0.4 is 9.62 Å². The van der Waals surface area contributed by atoms with Crippen molar-refractivity contribution in [1.29, 1.82) is 0 Å². The van der Waals surface area contributed by atoms with Crippen LogP contribution in [0.25, 0.3) is 0 Å². The van der Waals surface area contributed by atoms with Crippen LogP contribution in [-0.4, -0.2) is 50.5 Å². The second-order valence-corrected chi connectivity index (χ2v) is 10.8. The standard InChI is InChI=1S/C24H32BrN3O4S/c1-6-22(24(30)26-7-2)27(15-19-10-8-9-17(3)13-19)23(29)16-28(33(5,31)32)20-11-12-21(25)18(4)14-20/h8-14,22H,6-7,15-16H2,1-5H3,(H,26,30). The summed E-state index contributed by atoms with van der Waals surface area (Å²) >= 11 is 3.42. The number of benzene rings is 2. The Kier molecular flexibility index (Phi) is 9.48. The van der Waals surface area contributed by atoms with Crippen molar-refractivity contribution < 1.29 is 18.0 Å². The zero-order valence-corrected chi connectivity index (χ0v) is 22.2. The molecule has 0 saturated heterocycles. The van der Waals surface area contributed by atoms with Crippen molar-refractivity contribution in [2.45, 2.75) is 46.7 Å². The molecule has 0 saturated carbocycles. The van der Waals surface area contributed by atoms with Gasteiger partial charge >= 0.3 is 0 Å². The van der Waals surface area contributed by atoms with Gasteiger partial charge in [-0.05, 0) is 56.5 Å². The molecule has 2 amide bonds. The minimum absolute atomic E-state index is 0.202. The highest BCUT2D eigenvalue weighted by atomic mass is 79.9. The molecule has 33 heavy (non-hydrogen) atoms. The molecule has 1 N–H and O–H groups in total. The molecule has 7 nitrogen and oxygen atoms in total. The number of anilines is 1. The van der Waals surface area contributed by atoms with Crippen LogP contribution in [0, 0.1) is 13.8 Å². The number of nitrogens with one attached hydrogen (secondary N) is 1. The number of likely N-dealkylation sites (N-methyl/N-ethyl adjacent to an activating group) is 1. The highest BCUT2D eigenvalue weighted by Crippen LogP contribution is 2.25. The fraction of sp³-hybridized carbons (Fsp3) is 0.417. The molecule has 0 fully saturated rings. The Morgan fingerprint density at radius 2 is 1.79 bits per heavy atom. The molecule has 2 aromatic carbocycles. The number of aryl methyl sites for hydroxylation is 2. The molecule has 180 valence electrons. The van der Waals surface area contributed by atoms with Gasteiger partial charge in [-0.25, -0.2) is 8.42 Å². The third-order valence-electron chi connectivity index (χ3n) is 5.28. The third-order valence-corrected chi connectivity index (χ3v) is 7.31. The third kappa shape index (κ3) is 7.30. The van der Waals surface area contributed by atoms with Crippen LogP contribution in [-0.2, 0) is 26.2 Å². The van der Waals surface area contributed by atoms with Crippen LogP contribution in [0.15, 0.2) is 46.9 Å². The number of rotatable bonds is 10. The van der Waals surface area contributed by atoms with E-state index < -0.39 is 28.5 Å². The first-order valence-corrected chi connectivity index (χ1v) is 13.5. The lowest BCUT2D eigenvalue weighted by atomic mass is 10.1. The predicted octanol–water partition coefficient (Wildman–Crippen LogP) is 3.78. The number of amides is 2. The van der Waals surface area contributed by atoms with Crippen LogP contribution in [0.5, 0.6) is 0 Å². The molecule has 0 radical (unpaired) electrons. The highest BCUT2D eigenvalue weighted by Gasteiger charge is 2.31. The Morgan fingerprint density at radius 1 is 1.09 bits per heavy atom. The number of sulfonamides is 1. The zero-order valence-electron chi connectivity index (χ0n) is 19.8. The van der Waals surface area contributed by atoms with Crippen molar-refractivity contribution >= 4 is 43.5 Å². The van der Waals surface area contributed by atoms with E-state index in [0.29, 0.717) is 18.7 Å². The van der Waals surface area contributed by atoms with E-state index in [9.17, 15) is 18.0 Å². The quantitative estimate of drug-likeness (QED) is 0.499. The topological polar surface area (TPSA) is 86.8 Å². The van der Waals surface area contributed by atoms with E-state index in [4.69, 9.17) is 0 Å². The molecule has 0 heterocycles. The van der Waals surface area contributed by atoms with Gasteiger partial charge in [-0.15, -0.1) is 0 Å². The summed E-state index contributed by atoms with van der Waals surface area (Å²) in [4.78, 5) is 27.8. The second-order valence-electron chi connectivity index (χ2n) is 8.03. The van der Waals surface area contributed by atoms with Gasteiger partial charge in [-0.2, -0.15) is 0 Å². The van der Waals surface area contributed by atoms with Gasteiger partial charge in [-0.3, -0.25) is 13.9 Å². The number of nitrogens with zero attached hydrogens (tertiary/aromatic N) is 2. The second kappa shape index (κ2) is 11.7. The van der Waals surface area contributed by atoms with Gasteiger partial charge in [0.25, 0.3) is 0 Å². The van der Waals surface area contributed by atoms with E-state index in [1.165, 1.54) is 4.90 Å². The molecule has 0 aromatic heterocycles. The molecule has 1 unspecified atom stereocenters. The maximum Gasteiger partial charge on any atom is 0.244 e. The first-order valence-electron chi connectivity index (χ1n) is 10.8. The molecule has 0 aliphatic rings. The van der Waals surface area contributed by atoms with Crippen molar-refractivity contribution in [2.75, 3.05) is 23.7 Å². The Hall–Kier alpha value is -2.39. The van der Waals surface area contributed by atoms with Gasteiger partial charge in [0, 0.05) is 17.6 Å². The van der Waals surface area contributed by atoms with E-state index in [0.717, 1.165) is 31.7 Å². The number of hydrogen-bond acceptors (Lipinski definition) is 4. The van der Waals surface area contributed by atoms with Crippen LogP contribution in [0.1, 0.15) is 37.0 Å². The predicted molar refractivity (Wildman–Crippen MR) is 136 cm³/mol. The van der Waals surface area contributed by atoms with Crippen LogP contribution in [0.2, 0.25) is 0 Å². The minimum Gasteiger partial charge on any atom is -0.355 e. The molecule has 9 heteroatoms. The van der Waals surface area contributed by atoms with E-state index in [2.05, 4.69) is 21.2 Å². The van der Waals surface area contributed by atoms with Crippen LogP contribution in [0.4, 0.5) is 5.69 Å². The van der Waals surface area contributed by atoms with Crippen molar-refractivity contribution in [3.05, 3.63) is 63.6 Å². The number of carbonyl (C=O) groups is 2. The fourth-order valence-corrected chi connectivity index (χ4v) is 4.70. The number of hydrogen-bond donors (Lipinski definition) is 1. The van der Waals surface area contributed by atoms with Gasteiger partial charge in [-0.1, -0.05) is 52.7 Å². The highest BCUT2D eigenvalue weighted by molar-refractivity contribution is 9.10. The molecule has 1 atom stereocenters. The molecule has 0 spiro atoms. The summed E-state index contributed by atoms with van der Waals surface area (Å²) in [5, 5.41) is 2.79. The van der Waals surface area contributed by atoms with E-state index in [-0.39, 0.29) is 12.5 Å². The van der Waals surface area contributed by atoms with Gasteiger partial charge in [0.05, 0.1) is 11.9 Å². The van der Waals surface area contributed by atoms with Crippen molar-refractivity contribution in [2.24, 2.45) is 0 Å². The van der Waals surface area contributed by atoms with Crippen molar-refractivity contribution in [1.82, 2.24) is 10.2 Å². The molecule has 2 rings (SSSR count). The summed E-state index contributed by atoms with van der Waals surface area (Å²) in [6.07, 6.45) is 1.48. The summed E-state index contributed by atoms with van der Waals surface area (Å²) in [6.45, 7) is 7.70. The molecule has 2 aromatic rings. The number of carbonyl (C=O) groups excluding carboxylic acids is 2. The lowest BCUT2D eigenvalue weighted by molar-refractivity contribution is -0.140. The largest absolute Gasteiger partial charge is 0.355 e. The summed E-state index contributed by atoms with van der Waals surface area (Å²) in [5.74, 6) is -0.702. The van der Waals surface area contributed by atoms with E-state index in [1.54, 1.807) is 18.2 Å². The van der Waals surface area contributed by atoms with Crippen molar-refractivity contribution in [3.8, 4) is 0 Å². The van der Waals surface area contributed by atoms with E-state index in [1.807, 2.05) is 52.0 Å². The monoisotopic (exact) mass is 537 g/mol. The van der Waals surface area contributed by atoms with Gasteiger partial charge in [0.1, 0.15) is 12.6 Å². The first kappa shape index (κ1) is 26.9. The van der Waals surface area contributed by atoms with E-state index >= 15 is 0 Å². The lowest BCUT2D eigenvalue weighted by Crippen LogP contribution is -2.52. The SMILES string of the molecule is CCNC(=O)C(CC)N(Cc1cccc(C)c1)C(=O)CN(c1ccc(Br)c(C)c1)S(C)(=O)=O. The Labute approximate surface area is 205 Å². The normalized spacial score (nSPS) is 12.2. The zero-order chi connectivity index (χ0) is 24.8. The Morgan fingerprint density at radius 3 is 2.33 bits per heavy atom. The van der Waals surface area contributed by atoms with Gasteiger partial charge < -0.3 is 10.2 Å². The average Bonchev–Trinajstić information content (AvgIpc) is 2.73. The molecule has 0 aliphatic heterocycles. The summed E-state index contributed by atoms with van der Waals surface area (Å²) in [5.41, 5.74) is 3.15. The maximum absolute atomic E-state index is 13.6. The van der Waals surface area contributed by atoms with Gasteiger partial charge in [0.15, 0.2) is 0 Å². The van der Waals surface area contributed by atoms with Gasteiger partial charge in [0.2, 0.25) is 21.8 Å². The van der Waals surface area contributed by atoms with Crippen molar-refractivity contribution in [3.63, 3.8) is 0 Å². The minimum atomic E-state index is -3.75. The van der Waals surface area contributed by atoms with Crippen LogP contribution in [0.3, 0.4) is 0 Å². The molecular weight excluding hydrogens is 506 g/mol. The Bertz CT molecular complexity index is 1100. The summed E-state index contributed by atoms with van der Waals surface area (Å²) in [6, 6.07) is 12.1. The molecule has 0 aliphatic carbocycles. The summed E-state index contributed by atoms with van der Waals surface area (Å²) < 4.78 is 27.2. The van der Waals surface area contributed by atoms with Crippen LogP contribution >= 0.6 is 15.9 Å². The summed E-state index contributed by atoms with van der Waals surface area (Å²) in [7, 11) is -3.75. The average molecular weight is 539 g/mol. The molecular formula is C24H32BrN3O4S.